The Hall–Kier alpha value is -1.91. The van der Waals surface area contributed by atoms with E-state index in [4.69, 9.17) is 5.73 Å². The first-order valence-corrected chi connectivity index (χ1v) is 6.35. The lowest BCUT2D eigenvalue weighted by molar-refractivity contribution is -0.116. The van der Waals surface area contributed by atoms with Crippen LogP contribution in [0.4, 0.5) is 10.1 Å². The molecule has 0 aliphatic heterocycles. The first-order chi connectivity index (χ1) is 8.95. The van der Waals surface area contributed by atoms with Crippen LogP contribution in [-0.4, -0.2) is 11.8 Å². The fraction of sp³-hybridized carbons (Fsp3) is 0.429. The highest BCUT2D eigenvalue weighted by atomic mass is 19.1. The zero-order valence-corrected chi connectivity index (χ0v) is 11.3. The van der Waals surface area contributed by atoms with Gasteiger partial charge in [0.2, 0.25) is 11.8 Å². The predicted octanol–water partition coefficient (Wildman–Crippen LogP) is 2.75. The van der Waals surface area contributed by atoms with Gasteiger partial charge in [0, 0.05) is 23.2 Å². The Kier molecular flexibility index (Phi) is 5.48. The summed E-state index contributed by atoms with van der Waals surface area (Å²) in [5.41, 5.74) is 5.76. The van der Waals surface area contributed by atoms with Crippen molar-refractivity contribution in [2.45, 2.75) is 39.5 Å². The fourth-order valence-corrected chi connectivity index (χ4v) is 1.70. The van der Waals surface area contributed by atoms with E-state index < -0.39 is 11.7 Å². The number of nitrogens with two attached hydrogens (primary N) is 1. The van der Waals surface area contributed by atoms with Gasteiger partial charge in [0.1, 0.15) is 5.82 Å². The smallest absolute Gasteiger partial charge is 0.248 e. The monoisotopic (exact) mass is 266 g/mol. The molecule has 1 aromatic rings. The Labute approximate surface area is 112 Å². The molecule has 0 fully saturated rings. The lowest BCUT2D eigenvalue weighted by Crippen LogP contribution is -2.16. The number of benzene rings is 1. The number of rotatable bonds is 6. The van der Waals surface area contributed by atoms with Crippen LogP contribution < -0.4 is 11.1 Å². The van der Waals surface area contributed by atoms with Crippen molar-refractivity contribution in [2.75, 3.05) is 5.32 Å². The van der Waals surface area contributed by atoms with Crippen molar-refractivity contribution in [3.05, 3.63) is 29.1 Å². The van der Waals surface area contributed by atoms with Crippen molar-refractivity contribution in [2.24, 2.45) is 5.73 Å². The third-order valence-corrected chi connectivity index (χ3v) is 2.91. The van der Waals surface area contributed by atoms with E-state index in [1.807, 2.05) is 6.92 Å². The number of carbonyl (C=O) groups excluding carboxylic acids is 2. The molecule has 4 nitrogen and oxygen atoms in total. The van der Waals surface area contributed by atoms with Gasteiger partial charge in [-0.15, -0.1) is 0 Å². The van der Waals surface area contributed by atoms with Gasteiger partial charge in [0.25, 0.3) is 0 Å². The maximum atomic E-state index is 13.6. The van der Waals surface area contributed by atoms with Gasteiger partial charge in [-0.2, -0.15) is 0 Å². The van der Waals surface area contributed by atoms with Gasteiger partial charge in [0.05, 0.1) is 0 Å². The predicted molar refractivity (Wildman–Crippen MR) is 72.4 cm³/mol. The number of halogens is 1. The molecular weight excluding hydrogens is 247 g/mol. The zero-order valence-electron chi connectivity index (χ0n) is 11.3. The van der Waals surface area contributed by atoms with Crippen molar-refractivity contribution in [1.82, 2.24) is 0 Å². The van der Waals surface area contributed by atoms with Gasteiger partial charge >= 0.3 is 0 Å². The second-order valence-electron chi connectivity index (χ2n) is 4.50. The molecule has 0 heterocycles. The van der Waals surface area contributed by atoms with Crippen LogP contribution in [0.25, 0.3) is 0 Å². The number of hydrogen-bond acceptors (Lipinski definition) is 2. The summed E-state index contributed by atoms with van der Waals surface area (Å²) in [4.78, 5) is 22.7. The Balaban J connectivity index is 2.82. The highest BCUT2D eigenvalue weighted by Crippen LogP contribution is 2.21. The van der Waals surface area contributed by atoms with Gasteiger partial charge in [-0.1, -0.05) is 19.8 Å². The Morgan fingerprint density at radius 1 is 1.32 bits per heavy atom. The molecule has 104 valence electrons. The van der Waals surface area contributed by atoms with Gasteiger partial charge in [-0.25, -0.2) is 4.39 Å². The molecule has 0 spiro atoms. The molecule has 2 amide bonds. The minimum Gasteiger partial charge on any atom is -0.366 e. The minimum atomic E-state index is -0.722. The minimum absolute atomic E-state index is 0.0481. The molecule has 3 N–H and O–H groups in total. The summed E-state index contributed by atoms with van der Waals surface area (Å²) in [6.07, 6.45) is 3.18. The fourth-order valence-electron chi connectivity index (χ4n) is 1.70. The lowest BCUT2D eigenvalue weighted by atomic mass is 10.1. The average molecular weight is 266 g/mol. The van der Waals surface area contributed by atoms with Crippen molar-refractivity contribution in [3.63, 3.8) is 0 Å². The topological polar surface area (TPSA) is 72.2 Å². The molecular formula is C14H19FN2O2. The third kappa shape index (κ3) is 4.35. The largest absolute Gasteiger partial charge is 0.366 e. The van der Waals surface area contributed by atoms with E-state index in [1.165, 1.54) is 6.07 Å². The number of anilines is 1. The molecule has 0 radical (unpaired) electrons. The molecule has 0 aromatic heterocycles. The van der Waals surface area contributed by atoms with E-state index in [-0.39, 0.29) is 11.5 Å². The second-order valence-corrected chi connectivity index (χ2v) is 4.50. The number of nitrogens with one attached hydrogen (secondary N) is 1. The van der Waals surface area contributed by atoms with Gasteiger partial charge in [0.15, 0.2) is 0 Å². The summed E-state index contributed by atoms with van der Waals surface area (Å²) in [6, 6.07) is 2.48. The molecule has 1 rings (SSSR count). The van der Waals surface area contributed by atoms with Crippen LogP contribution in [0.15, 0.2) is 12.1 Å². The first kappa shape index (κ1) is 15.1. The van der Waals surface area contributed by atoms with E-state index in [9.17, 15) is 14.0 Å². The normalized spacial score (nSPS) is 10.3. The molecule has 0 saturated carbocycles. The quantitative estimate of drug-likeness (QED) is 0.777. The number of primary amides is 1. The van der Waals surface area contributed by atoms with E-state index in [0.29, 0.717) is 17.7 Å². The highest BCUT2D eigenvalue weighted by molar-refractivity contribution is 5.97. The van der Waals surface area contributed by atoms with E-state index in [0.717, 1.165) is 25.3 Å². The van der Waals surface area contributed by atoms with Crippen LogP contribution >= 0.6 is 0 Å². The average Bonchev–Trinajstić information content (AvgIpc) is 2.34. The van der Waals surface area contributed by atoms with Crippen LogP contribution in [0.5, 0.6) is 0 Å². The number of carbonyl (C=O) groups is 2. The molecule has 1 aromatic carbocycles. The van der Waals surface area contributed by atoms with Crippen LogP contribution in [0.3, 0.4) is 0 Å². The Morgan fingerprint density at radius 3 is 2.58 bits per heavy atom. The lowest BCUT2D eigenvalue weighted by Gasteiger charge is -2.10. The molecule has 0 aliphatic carbocycles. The van der Waals surface area contributed by atoms with Crippen molar-refractivity contribution in [3.8, 4) is 0 Å². The first-order valence-electron chi connectivity index (χ1n) is 6.35. The summed E-state index contributed by atoms with van der Waals surface area (Å²) in [5, 5.41) is 2.62. The summed E-state index contributed by atoms with van der Waals surface area (Å²) in [7, 11) is 0. The molecule has 0 unspecified atom stereocenters. The van der Waals surface area contributed by atoms with E-state index in [2.05, 4.69) is 5.32 Å². The van der Waals surface area contributed by atoms with Crippen LogP contribution in [0.2, 0.25) is 0 Å². The van der Waals surface area contributed by atoms with E-state index >= 15 is 0 Å². The van der Waals surface area contributed by atoms with Gasteiger partial charge < -0.3 is 11.1 Å². The number of hydrogen-bond donors (Lipinski definition) is 2. The zero-order chi connectivity index (χ0) is 14.4. The van der Waals surface area contributed by atoms with Gasteiger partial charge in [-0.3, -0.25) is 9.59 Å². The molecule has 19 heavy (non-hydrogen) atoms. The number of unbranched alkanes of at least 4 members (excludes halogenated alkanes) is 2. The Morgan fingerprint density at radius 2 is 2.00 bits per heavy atom. The Bertz CT molecular complexity index is 487. The van der Waals surface area contributed by atoms with Gasteiger partial charge in [-0.05, 0) is 25.5 Å². The van der Waals surface area contributed by atoms with Crippen LogP contribution in [0.1, 0.15) is 48.5 Å². The molecule has 0 aliphatic rings. The third-order valence-electron chi connectivity index (χ3n) is 2.91. The number of amides is 2. The maximum absolute atomic E-state index is 13.6. The van der Waals surface area contributed by atoms with Crippen LogP contribution in [0, 0.1) is 12.7 Å². The molecule has 0 saturated heterocycles. The van der Waals surface area contributed by atoms with Crippen molar-refractivity contribution in [1.29, 1.82) is 0 Å². The molecule has 0 atom stereocenters. The highest BCUT2D eigenvalue weighted by Gasteiger charge is 2.12. The van der Waals surface area contributed by atoms with Crippen molar-refractivity contribution >= 4 is 17.5 Å². The standard InChI is InChI=1S/C14H19FN2O2/c1-3-4-5-6-13(18)17-12-8-10(14(16)19)7-11(15)9(12)2/h7-8H,3-6H2,1-2H3,(H2,16,19)(H,17,18). The summed E-state index contributed by atoms with van der Waals surface area (Å²) < 4.78 is 13.6. The molecule has 0 bridgehead atoms. The van der Waals surface area contributed by atoms with Crippen LogP contribution in [-0.2, 0) is 4.79 Å². The molecule has 5 heteroatoms. The maximum Gasteiger partial charge on any atom is 0.248 e. The summed E-state index contributed by atoms with van der Waals surface area (Å²) in [6.45, 7) is 3.59. The van der Waals surface area contributed by atoms with E-state index in [1.54, 1.807) is 6.92 Å². The SMILES string of the molecule is CCCCCC(=O)Nc1cc(C(N)=O)cc(F)c1C. The summed E-state index contributed by atoms with van der Waals surface area (Å²) in [5.74, 6) is -1.46. The second kappa shape index (κ2) is 6.87. The van der Waals surface area contributed by atoms with Crippen molar-refractivity contribution < 1.29 is 14.0 Å². The summed E-state index contributed by atoms with van der Waals surface area (Å²) >= 11 is 0.